The number of carbonyl (C=O) groups is 1. The summed E-state index contributed by atoms with van der Waals surface area (Å²) in [6.07, 6.45) is 4.88. The van der Waals surface area contributed by atoms with Gasteiger partial charge in [0.2, 0.25) is 0 Å². The maximum absolute atomic E-state index is 10.4. The van der Waals surface area contributed by atoms with Crippen molar-refractivity contribution >= 4 is 6.29 Å². The predicted molar refractivity (Wildman–Crippen MR) is 51.1 cm³/mol. The van der Waals surface area contributed by atoms with Crippen molar-refractivity contribution in [1.82, 2.24) is 4.98 Å². The third kappa shape index (κ3) is 1.88. The Kier molecular flexibility index (Phi) is 2.40. The highest BCUT2D eigenvalue weighted by molar-refractivity contribution is 5.70. The van der Waals surface area contributed by atoms with E-state index >= 15 is 0 Å². The van der Waals surface area contributed by atoms with Crippen molar-refractivity contribution in [1.29, 1.82) is 0 Å². The van der Waals surface area contributed by atoms with Gasteiger partial charge in [-0.3, -0.25) is 9.78 Å². The minimum absolute atomic E-state index is 0.365. The maximum atomic E-state index is 10.4. The lowest BCUT2D eigenvalue weighted by Crippen LogP contribution is -1.85. The molecule has 0 bridgehead atoms. The second-order valence-corrected chi connectivity index (χ2v) is 2.96. The SMILES string of the molecule is O=Cc1ccc(Cc2cccnc2)o1. The zero-order valence-corrected chi connectivity index (χ0v) is 7.51. The molecule has 0 amide bonds. The van der Waals surface area contributed by atoms with Crippen molar-refractivity contribution in [3.63, 3.8) is 0 Å². The van der Waals surface area contributed by atoms with Gasteiger partial charge >= 0.3 is 0 Å². The van der Waals surface area contributed by atoms with E-state index in [0.29, 0.717) is 18.5 Å². The van der Waals surface area contributed by atoms with Crippen LogP contribution in [0.1, 0.15) is 21.9 Å². The summed E-state index contributed by atoms with van der Waals surface area (Å²) >= 11 is 0. The van der Waals surface area contributed by atoms with Crippen molar-refractivity contribution in [2.45, 2.75) is 6.42 Å². The van der Waals surface area contributed by atoms with Crippen LogP contribution >= 0.6 is 0 Å². The Labute approximate surface area is 81.4 Å². The van der Waals surface area contributed by atoms with Crippen LogP contribution in [-0.4, -0.2) is 11.3 Å². The Morgan fingerprint density at radius 2 is 2.29 bits per heavy atom. The maximum Gasteiger partial charge on any atom is 0.185 e. The molecular formula is C11H9NO2. The summed E-state index contributed by atoms with van der Waals surface area (Å²) in [5.74, 6) is 1.14. The van der Waals surface area contributed by atoms with Crippen molar-refractivity contribution in [2.75, 3.05) is 0 Å². The standard InChI is InChI=1S/C11H9NO2/c13-8-11-4-3-10(14-11)6-9-2-1-5-12-7-9/h1-5,7-8H,6H2. The van der Waals surface area contributed by atoms with Crippen LogP contribution in [0.5, 0.6) is 0 Å². The summed E-state index contributed by atoms with van der Waals surface area (Å²) in [5.41, 5.74) is 1.07. The molecule has 2 aromatic rings. The van der Waals surface area contributed by atoms with Crippen LogP contribution in [0.4, 0.5) is 0 Å². The number of aldehydes is 1. The van der Waals surface area contributed by atoms with Crippen molar-refractivity contribution in [3.8, 4) is 0 Å². The second-order valence-electron chi connectivity index (χ2n) is 2.96. The molecule has 0 aromatic carbocycles. The zero-order chi connectivity index (χ0) is 9.80. The molecule has 0 aliphatic rings. The molecule has 0 atom stereocenters. The number of aromatic nitrogens is 1. The highest BCUT2D eigenvalue weighted by Gasteiger charge is 2.01. The number of pyridine rings is 1. The molecule has 0 N–H and O–H groups in total. The van der Waals surface area contributed by atoms with Gasteiger partial charge in [-0.1, -0.05) is 6.07 Å². The normalized spacial score (nSPS) is 10.0. The van der Waals surface area contributed by atoms with Crippen molar-refractivity contribution < 1.29 is 9.21 Å². The van der Waals surface area contributed by atoms with Crippen LogP contribution in [0.3, 0.4) is 0 Å². The first-order valence-electron chi connectivity index (χ1n) is 4.31. The predicted octanol–water partition coefficient (Wildman–Crippen LogP) is 2.08. The molecule has 0 spiro atoms. The molecule has 3 heteroatoms. The van der Waals surface area contributed by atoms with E-state index in [0.717, 1.165) is 11.3 Å². The molecule has 2 heterocycles. The molecule has 0 saturated carbocycles. The summed E-state index contributed by atoms with van der Waals surface area (Å²) in [6, 6.07) is 7.31. The second kappa shape index (κ2) is 3.87. The van der Waals surface area contributed by atoms with Crippen LogP contribution < -0.4 is 0 Å². The highest BCUT2D eigenvalue weighted by atomic mass is 16.3. The summed E-state index contributed by atoms with van der Waals surface area (Å²) in [6.45, 7) is 0. The number of rotatable bonds is 3. The third-order valence-corrected chi connectivity index (χ3v) is 1.90. The minimum Gasteiger partial charge on any atom is -0.458 e. The Morgan fingerprint density at radius 1 is 1.36 bits per heavy atom. The van der Waals surface area contributed by atoms with Gasteiger partial charge in [0.25, 0.3) is 0 Å². The fourth-order valence-corrected chi connectivity index (χ4v) is 1.26. The minimum atomic E-state index is 0.365. The molecule has 0 radical (unpaired) electrons. The molecule has 70 valence electrons. The Morgan fingerprint density at radius 3 is 2.93 bits per heavy atom. The quantitative estimate of drug-likeness (QED) is 0.691. The van der Waals surface area contributed by atoms with Gasteiger partial charge in [-0.15, -0.1) is 0 Å². The number of nitrogens with zero attached hydrogens (tertiary/aromatic N) is 1. The number of furan rings is 1. The Balaban J connectivity index is 2.15. The van der Waals surface area contributed by atoms with E-state index < -0.39 is 0 Å². The highest BCUT2D eigenvalue weighted by Crippen LogP contribution is 2.10. The average Bonchev–Trinajstić information content (AvgIpc) is 2.67. The number of carbonyl (C=O) groups excluding carboxylic acids is 1. The van der Waals surface area contributed by atoms with E-state index in [1.54, 1.807) is 24.5 Å². The molecule has 0 saturated heterocycles. The van der Waals surface area contributed by atoms with Crippen molar-refractivity contribution in [3.05, 3.63) is 53.7 Å². The molecule has 3 nitrogen and oxygen atoms in total. The van der Waals surface area contributed by atoms with Gasteiger partial charge in [0, 0.05) is 18.8 Å². The van der Waals surface area contributed by atoms with Gasteiger partial charge in [-0.25, -0.2) is 0 Å². The monoisotopic (exact) mass is 187 g/mol. The van der Waals surface area contributed by atoms with E-state index in [2.05, 4.69) is 4.98 Å². The number of hydrogen-bond donors (Lipinski definition) is 0. The van der Waals surface area contributed by atoms with Crippen molar-refractivity contribution in [2.24, 2.45) is 0 Å². The lowest BCUT2D eigenvalue weighted by Gasteiger charge is -1.95. The molecule has 0 unspecified atom stereocenters. The Hall–Kier alpha value is -1.90. The zero-order valence-electron chi connectivity index (χ0n) is 7.51. The summed E-state index contributed by atoms with van der Waals surface area (Å²) < 4.78 is 5.24. The first-order chi connectivity index (χ1) is 6.88. The lowest BCUT2D eigenvalue weighted by molar-refractivity contribution is 0.109. The third-order valence-electron chi connectivity index (χ3n) is 1.90. The van der Waals surface area contributed by atoms with Gasteiger partial charge in [-0.2, -0.15) is 0 Å². The molecule has 0 fully saturated rings. The van der Waals surface area contributed by atoms with Gasteiger partial charge < -0.3 is 4.42 Å². The molecular weight excluding hydrogens is 178 g/mol. The molecule has 2 aromatic heterocycles. The number of hydrogen-bond acceptors (Lipinski definition) is 3. The van der Waals surface area contributed by atoms with Crippen LogP contribution in [0.2, 0.25) is 0 Å². The van der Waals surface area contributed by atoms with E-state index in [-0.39, 0.29) is 0 Å². The summed E-state index contributed by atoms with van der Waals surface area (Å²) in [4.78, 5) is 14.4. The van der Waals surface area contributed by atoms with Crippen LogP contribution in [0.15, 0.2) is 41.1 Å². The van der Waals surface area contributed by atoms with Gasteiger partial charge in [-0.05, 0) is 23.8 Å². The lowest BCUT2D eigenvalue weighted by atomic mass is 10.2. The average molecular weight is 187 g/mol. The van der Waals surface area contributed by atoms with E-state index in [1.165, 1.54) is 0 Å². The molecule has 14 heavy (non-hydrogen) atoms. The topological polar surface area (TPSA) is 43.1 Å². The largest absolute Gasteiger partial charge is 0.458 e. The summed E-state index contributed by atoms with van der Waals surface area (Å²) in [5, 5.41) is 0. The molecule has 0 aliphatic heterocycles. The van der Waals surface area contributed by atoms with E-state index in [4.69, 9.17) is 4.42 Å². The van der Waals surface area contributed by atoms with E-state index in [1.807, 2.05) is 12.1 Å². The molecule has 0 aliphatic carbocycles. The van der Waals surface area contributed by atoms with Gasteiger partial charge in [0.05, 0.1) is 0 Å². The fourth-order valence-electron chi connectivity index (χ4n) is 1.26. The fraction of sp³-hybridized carbons (Fsp3) is 0.0909. The van der Waals surface area contributed by atoms with Crippen LogP contribution in [-0.2, 0) is 6.42 Å². The van der Waals surface area contributed by atoms with E-state index in [9.17, 15) is 4.79 Å². The smallest absolute Gasteiger partial charge is 0.185 e. The Bertz CT molecular complexity index is 420. The molecule has 2 rings (SSSR count). The van der Waals surface area contributed by atoms with Crippen LogP contribution in [0.25, 0.3) is 0 Å². The first-order valence-corrected chi connectivity index (χ1v) is 4.31. The van der Waals surface area contributed by atoms with Gasteiger partial charge in [0.1, 0.15) is 5.76 Å². The van der Waals surface area contributed by atoms with Gasteiger partial charge in [0.15, 0.2) is 12.0 Å². The summed E-state index contributed by atoms with van der Waals surface area (Å²) in [7, 11) is 0. The van der Waals surface area contributed by atoms with Crippen LogP contribution in [0, 0.1) is 0 Å². The first kappa shape index (κ1) is 8.69.